The monoisotopic (exact) mass is 504 g/mol. The fourth-order valence-corrected chi connectivity index (χ4v) is 3.70. The van der Waals surface area contributed by atoms with Crippen molar-refractivity contribution in [3.63, 3.8) is 0 Å². The highest BCUT2D eigenvalue weighted by molar-refractivity contribution is 7.86. The smallest absolute Gasteiger partial charge is 0.295 e. The van der Waals surface area contributed by atoms with Crippen LogP contribution in [0.15, 0.2) is 29.7 Å². The maximum absolute atomic E-state index is 11.7. The summed E-state index contributed by atoms with van der Waals surface area (Å²) in [6.45, 7) is 2.84. The van der Waals surface area contributed by atoms with Crippen molar-refractivity contribution in [1.82, 2.24) is 15.0 Å². The molecule has 0 radical (unpaired) electrons. The highest BCUT2D eigenvalue weighted by Gasteiger charge is 2.17. The van der Waals surface area contributed by atoms with Gasteiger partial charge in [-0.25, -0.2) is 0 Å². The van der Waals surface area contributed by atoms with Crippen LogP contribution in [0, 0.1) is 0 Å². The molecule has 0 aliphatic carbocycles. The van der Waals surface area contributed by atoms with E-state index >= 15 is 0 Å². The minimum absolute atomic E-state index is 0.0164. The van der Waals surface area contributed by atoms with Crippen molar-refractivity contribution in [1.29, 1.82) is 0 Å². The molecular formula is C17H24N6O8S2. The van der Waals surface area contributed by atoms with Crippen LogP contribution in [0.3, 0.4) is 0 Å². The number of hydrogen-bond acceptors (Lipinski definition) is 12. The molecule has 0 bridgehead atoms. The second-order valence-corrected chi connectivity index (χ2v) is 9.45. The van der Waals surface area contributed by atoms with Crippen molar-refractivity contribution >= 4 is 49.8 Å². The summed E-state index contributed by atoms with van der Waals surface area (Å²) < 4.78 is 63.6. The molecule has 16 heteroatoms. The van der Waals surface area contributed by atoms with Gasteiger partial charge in [0.05, 0.1) is 19.0 Å². The Balaban J connectivity index is 2.44. The summed E-state index contributed by atoms with van der Waals surface area (Å²) in [5.74, 6) is -0.788. The molecule has 1 heterocycles. The quantitative estimate of drug-likeness (QED) is 0.191. The number of aromatic nitrogens is 3. The molecule has 0 saturated heterocycles. The number of nitrogens with one attached hydrogen (secondary N) is 2. The third kappa shape index (κ3) is 8.19. The van der Waals surface area contributed by atoms with Gasteiger partial charge in [-0.2, -0.15) is 31.8 Å². The molecule has 1 aromatic carbocycles. The van der Waals surface area contributed by atoms with Gasteiger partial charge in [0.25, 0.3) is 20.2 Å². The molecule has 14 nitrogen and oxygen atoms in total. The van der Waals surface area contributed by atoms with Crippen molar-refractivity contribution in [2.75, 3.05) is 54.1 Å². The van der Waals surface area contributed by atoms with E-state index in [-0.39, 0.29) is 61.9 Å². The second kappa shape index (κ2) is 11.3. The van der Waals surface area contributed by atoms with E-state index in [1.807, 2.05) is 0 Å². The average molecular weight is 505 g/mol. The van der Waals surface area contributed by atoms with Gasteiger partial charge in [-0.1, -0.05) is 18.7 Å². The van der Waals surface area contributed by atoms with Crippen LogP contribution < -0.4 is 15.5 Å². The van der Waals surface area contributed by atoms with Gasteiger partial charge in [0.2, 0.25) is 17.8 Å². The van der Waals surface area contributed by atoms with E-state index in [0.717, 1.165) is 6.07 Å². The van der Waals surface area contributed by atoms with Gasteiger partial charge in [-0.3, -0.25) is 9.11 Å². The van der Waals surface area contributed by atoms with Crippen LogP contribution in [-0.4, -0.2) is 89.7 Å². The van der Waals surface area contributed by atoms with Crippen molar-refractivity contribution in [2.24, 2.45) is 0 Å². The predicted octanol–water partition coefficient (Wildman–Crippen LogP) is -0.404. The Morgan fingerprint density at radius 1 is 1.00 bits per heavy atom. The van der Waals surface area contributed by atoms with Crippen molar-refractivity contribution in [3.8, 4) is 0 Å². The van der Waals surface area contributed by atoms with Crippen molar-refractivity contribution < 1.29 is 36.2 Å². The molecule has 0 spiro atoms. The maximum atomic E-state index is 11.7. The summed E-state index contributed by atoms with van der Waals surface area (Å²) in [6.07, 6.45) is 1.26. The number of anilines is 4. The van der Waals surface area contributed by atoms with Crippen LogP contribution in [0.25, 0.3) is 6.08 Å². The van der Waals surface area contributed by atoms with Crippen LogP contribution in [-0.2, 0) is 20.2 Å². The first-order valence-electron chi connectivity index (χ1n) is 9.39. The molecule has 0 atom stereocenters. The number of aliphatic hydroxyl groups excluding tert-OH is 2. The van der Waals surface area contributed by atoms with Gasteiger partial charge >= 0.3 is 0 Å². The van der Waals surface area contributed by atoms with E-state index in [0.29, 0.717) is 0 Å². The van der Waals surface area contributed by atoms with Gasteiger partial charge in [0.1, 0.15) is 4.90 Å². The standard InChI is InChI=1S/C17H24N6O8S2/c1-2-12-3-4-13(11-14(12)33(29,30)31)19-16-20-15(18-5-10-32(26,27)28)21-17(22-16)23(6-8-24)7-9-25/h2-4,11,24-25H,1,5-10H2,(H,26,27,28)(H,29,30,31)(H2,18,19,20,21,22). The van der Waals surface area contributed by atoms with E-state index in [9.17, 15) is 31.6 Å². The topological polar surface area (TPSA) is 215 Å². The largest absolute Gasteiger partial charge is 0.395 e. The number of nitrogens with zero attached hydrogens (tertiary/aromatic N) is 4. The lowest BCUT2D eigenvalue weighted by atomic mass is 10.2. The third-order valence-corrected chi connectivity index (χ3v) is 5.69. The molecule has 33 heavy (non-hydrogen) atoms. The Hall–Kier alpha value is -2.89. The van der Waals surface area contributed by atoms with Crippen molar-refractivity contribution in [3.05, 3.63) is 30.3 Å². The van der Waals surface area contributed by atoms with Crippen LogP contribution in [0.1, 0.15) is 5.56 Å². The molecule has 2 aromatic rings. The number of aliphatic hydroxyl groups is 2. The lowest BCUT2D eigenvalue weighted by Gasteiger charge is -2.21. The Morgan fingerprint density at radius 2 is 1.64 bits per heavy atom. The fraction of sp³-hybridized carbons (Fsp3) is 0.353. The molecule has 182 valence electrons. The second-order valence-electron chi connectivity index (χ2n) is 6.49. The molecule has 0 amide bonds. The average Bonchev–Trinajstić information content (AvgIpc) is 2.72. The molecule has 2 rings (SSSR count). The van der Waals surface area contributed by atoms with E-state index < -0.39 is 30.9 Å². The lowest BCUT2D eigenvalue weighted by Crippen LogP contribution is -2.32. The summed E-state index contributed by atoms with van der Waals surface area (Å²) in [4.78, 5) is 13.4. The van der Waals surface area contributed by atoms with Crippen LogP contribution in [0.4, 0.5) is 23.5 Å². The normalized spacial score (nSPS) is 11.8. The zero-order chi connectivity index (χ0) is 24.6. The summed E-state index contributed by atoms with van der Waals surface area (Å²) in [7, 11) is -8.79. The van der Waals surface area contributed by atoms with Gasteiger partial charge in [-0.05, 0) is 17.7 Å². The maximum Gasteiger partial charge on any atom is 0.295 e. The zero-order valence-electron chi connectivity index (χ0n) is 17.3. The predicted molar refractivity (Wildman–Crippen MR) is 121 cm³/mol. The van der Waals surface area contributed by atoms with E-state index in [4.69, 9.17) is 4.55 Å². The zero-order valence-corrected chi connectivity index (χ0v) is 18.9. The Kier molecular flexibility index (Phi) is 9.03. The minimum Gasteiger partial charge on any atom is -0.395 e. The molecule has 0 aliphatic rings. The molecule has 6 N–H and O–H groups in total. The van der Waals surface area contributed by atoms with E-state index in [1.165, 1.54) is 23.1 Å². The fourth-order valence-electron chi connectivity index (χ4n) is 2.62. The lowest BCUT2D eigenvalue weighted by molar-refractivity contribution is 0.280. The molecule has 0 saturated carbocycles. The first kappa shape index (κ1) is 26.4. The summed E-state index contributed by atoms with van der Waals surface area (Å²) in [5.41, 5.74) is 0.356. The Bertz CT molecular complexity index is 1180. The summed E-state index contributed by atoms with van der Waals surface area (Å²) in [5, 5.41) is 23.9. The molecule has 0 fully saturated rings. The van der Waals surface area contributed by atoms with Gasteiger partial charge in [0, 0.05) is 25.3 Å². The number of benzene rings is 1. The van der Waals surface area contributed by atoms with E-state index in [1.54, 1.807) is 0 Å². The number of rotatable bonds is 13. The Labute approximate surface area is 190 Å². The van der Waals surface area contributed by atoms with Crippen LogP contribution >= 0.6 is 0 Å². The first-order chi connectivity index (χ1) is 15.5. The van der Waals surface area contributed by atoms with Crippen LogP contribution in [0.2, 0.25) is 0 Å². The first-order valence-corrected chi connectivity index (χ1v) is 12.4. The molecule has 1 aromatic heterocycles. The summed E-state index contributed by atoms with van der Waals surface area (Å²) >= 11 is 0. The van der Waals surface area contributed by atoms with Gasteiger partial charge < -0.3 is 25.7 Å². The molecule has 0 unspecified atom stereocenters. The highest BCUT2D eigenvalue weighted by Crippen LogP contribution is 2.24. The van der Waals surface area contributed by atoms with E-state index in [2.05, 4.69) is 32.2 Å². The van der Waals surface area contributed by atoms with Crippen molar-refractivity contribution in [2.45, 2.75) is 4.90 Å². The molecule has 0 aliphatic heterocycles. The SMILES string of the molecule is C=Cc1ccc(Nc2nc(NCCS(=O)(=O)O)nc(N(CCO)CCO)n2)cc1S(=O)(=O)O. The minimum atomic E-state index is -4.55. The van der Waals surface area contributed by atoms with Crippen LogP contribution in [0.5, 0.6) is 0 Å². The van der Waals surface area contributed by atoms with Gasteiger partial charge in [-0.15, -0.1) is 0 Å². The number of hydrogen-bond donors (Lipinski definition) is 6. The third-order valence-electron chi connectivity index (χ3n) is 4.06. The van der Waals surface area contributed by atoms with Gasteiger partial charge in [0.15, 0.2) is 0 Å². The molecular weight excluding hydrogens is 480 g/mol. The summed E-state index contributed by atoms with van der Waals surface area (Å²) in [6, 6.07) is 4.02. The Morgan fingerprint density at radius 3 is 2.18 bits per heavy atom. The highest BCUT2D eigenvalue weighted by atomic mass is 32.2.